The van der Waals surface area contributed by atoms with Gasteiger partial charge in [0, 0.05) is 24.8 Å². The molecule has 0 aliphatic carbocycles. The monoisotopic (exact) mass is 424 g/mol. The second-order valence-electron chi connectivity index (χ2n) is 9.68. The van der Waals surface area contributed by atoms with Crippen molar-refractivity contribution in [2.24, 2.45) is 5.10 Å². The number of hydrazone groups is 1. The topological polar surface area (TPSA) is 34.1 Å². The quantitative estimate of drug-likeness (QED) is 0.492. The highest BCUT2D eigenvalue weighted by Crippen LogP contribution is 2.51. The Morgan fingerprint density at radius 3 is 2.31 bits per heavy atom. The van der Waals surface area contributed by atoms with Gasteiger partial charge in [0.15, 0.2) is 0 Å². The van der Waals surface area contributed by atoms with E-state index in [1.807, 2.05) is 0 Å². The predicted octanol–water partition coefficient (Wildman–Crippen LogP) is 6.18. The van der Waals surface area contributed by atoms with Crippen molar-refractivity contribution in [3.63, 3.8) is 0 Å². The molecule has 3 aliphatic rings. The zero-order valence-corrected chi connectivity index (χ0v) is 18.6. The molecular formula is C28H28N2O2. The third-order valence-corrected chi connectivity index (χ3v) is 6.92. The predicted molar refractivity (Wildman–Crippen MR) is 127 cm³/mol. The summed E-state index contributed by atoms with van der Waals surface area (Å²) in [6.45, 7) is 4.97. The molecule has 162 valence electrons. The summed E-state index contributed by atoms with van der Waals surface area (Å²) in [5.74, 6) is 0.988. The normalized spacial score (nSPS) is 25.6. The smallest absolute Gasteiger partial charge is 0.203 e. The molecule has 0 aromatic heterocycles. The molecule has 0 N–H and O–H groups in total. The van der Waals surface area contributed by atoms with E-state index in [1.165, 1.54) is 22.3 Å². The van der Waals surface area contributed by atoms with Gasteiger partial charge >= 0.3 is 0 Å². The van der Waals surface area contributed by atoms with Crippen molar-refractivity contribution in [2.45, 2.75) is 50.5 Å². The van der Waals surface area contributed by atoms with Crippen molar-refractivity contribution in [3.05, 3.63) is 90.0 Å². The van der Waals surface area contributed by atoms with Crippen LogP contribution in [0.3, 0.4) is 0 Å². The maximum atomic E-state index is 6.71. The second kappa shape index (κ2) is 7.21. The Morgan fingerprint density at radius 2 is 1.53 bits per heavy atom. The van der Waals surface area contributed by atoms with E-state index in [4.69, 9.17) is 14.6 Å². The van der Waals surface area contributed by atoms with Gasteiger partial charge in [0.05, 0.1) is 24.0 Å². The number of nitrogens with zero attached hydrogens (tertiary/aromatic N) is 2. The molecule has 3 heterocycles. The fraction of sp³-hybridized carbons (Fsp3) is 0.321. The van der Waals surface area contributed by atoms with Gasteiger partial charge in [-0.25, -0.2) is 5.01 Å². The first-order valence-corrected chi connectivity index (χ1v) is 11.5. The van der Waals surface area contributed by atoms with Gasteiger partial charge in [-0.1, -0.05) is 72.8 Å². The Hall–Kier alpha value is -3.11. The average molecular weight is 425 g/mol. The maximum absolute atomic E-state index is 6.71. The minimum Gasteiger partial charge on any atom is -0.466 e. The molecule has 3 aromatic carbocycles. The van der Waals surface area contributed by atoms with Crippen LogP contribution in [-0.4, -0.2) is 28.7 Å². The van der Waals surface area contributed by atoms with Gasteiger partial charge in [-0.05, 0) is 36.6 Å². The molecule has 0 bridgehead atoms. The van der Waals surface area contributed by atoms with Crippen LogP contribution in [0, 0.1) is 0 Å². The number of hydrogen-bond donors (Lipinski definition) is 0. The lowest BCUT2D eigenvalue weighted by Gasteiger charge is -2.52. The van der Waals surface area contributed by atoms with Gasteiger partial charge in [0.25, 0.3) is 0 Å². The Morgan fingerprint density at radius 1 is 0.844 bits per heavy atom. The Balaban J connectivity index is 1.38. The molecule has 6 rings (SSSR count). The molecule has 2 unspecified atom stereocenters. The van der Waals surface area contributed by atoms with Crippen LogP contribution in [-0.2, 0) is 4.74 Å². The zero-order chi connectivity index (χ0) is 21.8. The number of fused-ring (bicyclic) bond motifs is 4. The first kappa shape index (κ1) is 19.6. The zero-order valence-electron chi connectivity index (χ0n) is 18.6. The van der Waals surface area contributed by atoms with Crippen molar-refractivity contribution >= 4 is 5.71 Å². The SMILES string of the molecule is CC1(C)CC2(CCO1)Oc1ccccc1C1CC(c3ccc(-c4ccccc4)cc3)=NN12. The average Bonchev–Trinajstić information content (AvgIpc) is 3.26. The van der Waals surface area contributed by atoms with Gasteiger partial charge in [-0.15, -0.1) is 0 Å². The van der Waals surface area contributed by atoms with Gasteiger partial charge in [0.1, 0.15) is 5.75 Å². The Bertz CT molecular complexity index is 1170. The van der Waals surface area contributed by atoms with Crippen molar-refractivity contribution in [3.8, 4) is 16.9 Å². The molecule has 3 aliphatic heterocycles. The molecule has 3 aromatic rings. The number of ether oxygens (including phenoxy) is 2. The molecule has 2 atom stereocenters. The van der Waals surface area contributed by atoms with Gasteiger partial charge in [-0.2, -0.15) is 5.10 Å². The maximum Gasteiger partial charge on any atom is 0.203 e. The van der Waals surface area contributed by atoms with Crippen LogP contribution in [0.25, 0.3) is 11.1 Å². The number of hydrogen-bond acceptors (Lipinski definition) is 4. The summed E-state index contributed by atoms with van der Waals surface area (Å²) in [6.07, 6.45) is 2.48. The van der Waals surface area contributed by atoms with Crippen LogP contribution in [0.2, 0.25) is 0 Å². The summed E-state index contributed by atoms with van der Waals surface area (Å²) < 4.78 is 12.8. The van der Waals surface area contributed by atoms with E-state index >= 15 is 0 Å². The molecule has 4 nitrogen and oxygen atoms in total. The first-order chi connectivity index (χ1) is 15.5. The number of para-hydroxylation sites is 1. The lowest BCUT2D eigenvalue weighted by molar-refractivity contribution is -0.212. The van der Waals surface area contributed by atoms with E-state index in [9.17, 15) is 0 Å². The van der Waals surface area contributed by atoms with Crippen LogP contribution in [0.4, 0.5) is 0 Å². The van der Waals surface area contributed by atoms with Gasteiger partial charge in [-0.3, -0.25) is 0 Å². The van der Waals surface area contributed by atoms with Crippen molar-refractivity contribution in [2.75, 3.05) is 6.61 Å². The molecule has 1 spiro atoms. The summed E-state index contributed by atoms with van der Waals surface area (Å²) in [4.78, 5) is 0. The van der Waals surface area contributed by atoms with Crippen LogP contribution >= 0.6 is 0 Å². The summed E-state index contributed by atoms with van der Waals surface area (Å²) in [7, 11) is 0. The van der Waals surface area contributed by atoms with Crippen LogP contribution in [0.5, 0.6) is 5.75 Å². The van der Waals surface area contributed by atoms with E-state index in [1.54, 1.807) is 0 Å². The molecule has 0 saturated carbocycles. The highest BCUT2D eigenvalue weighted by molar-refractivity contribution is 6.02. The van der Waals surface area contributed by atoms with E-state index in [-0.39, 0.29) is 11.6 Å². The lowest BCUT2D eigenvalue weighted by Crippen LogP contribution is -2.60. The van der Waals surface area contributed by atoms with E-state index in [0.29, 0.717) is 6.61 Å². The van der Waals surface area contributed by atoms with Crippen LogP contribution < -0.4 is 4.74 Å². The minimum absolute atomic E-state index is 0.192. The highest BCUT2D eigenvalue weighted by atomic mass is 16.5. The van der Waals surface area contributed by atoms with Crippen LogP contribution in [0.15, 0.2) is 84.0 Å². The Labute approximate surface area is 189 Å². The molecule has 1 fully saturated rings. The summed E-state index contributed by atoms with van der Waals surface area (Å²) in [5.41, 5.74) is 5.27. The summed E-state index contributed by atoms with van der Waals surface area (Å²) in [5, 5.41) is 7.44. The molecular weight excluding hydrogens is 396 g/mol. The standard InChI is InChI=1S/C28H28N2O2/c1-27(2)19-28(16-17-31-27)30-25(23-10-6-7-11-26(23)32-28)18-24(29-30)22-14-12-21(13-15-22)20-8-4-3-5-9-20/h3-15,25H,16-19H2,1-2H3. The Kier molecular flexibility index (Phi) is 4.41. The van der Waals surface area contributed by atoms with E-state index in [0.717, 1.165) is 30.7 Å². The fourth-order valence-electron chi connectivity index (χ4n) is 5.46. The van der Waals surface area contributed by atoms with E-state index in [2.05, 4.69) is 97.7 Å². The molecule has 32 heavy (non-hydrogen) atoms. The van der Waals surface area contributed by atoms with Crippen molar-refractivity contribution in [1.29, 1.82) is 0 Å². The van der Waals surface area contributed by atoms with Crippen LogP contribution in [0.1, 0.15) is 50.3 Å². The third-order valence-electron chi connectivity index (χ3n) is 6.92. The largest absolute Gasteiger partial charge is 0.466 e. The van der Waals surface area contributed by atoms with Gasteiger partial charge in [0.2, 0.25) is 5.72 Å². The second-order valence-corrected chi connectivity index (χ2v) is 9.68. The third kappa shape index (κ3) is 3.21. The van der Waals surface area contributed by atoms with E-state index < -0.39 is 5.72 Å². The summed E-state index contributed by atoms with van der Waals surface area (Å²) in [6, 6.07) is 27.9. The number of benzene rings is 3. The fourth-order valence-corrected chi connectivity index (χ4v) is 5.46. The first-order valence-electron chi connectivity index (χ1n) is 11.5. The van der Waals surface area contributed by atoms with Crippen molar-refractivity contribution in [1.82, 2.24) is 5.01 Å². The molecule has 1 saturated heterocycles. The molecule has 4 heteroatoms. The lowest BCUT2D eigenvalue weighted by atomic mass is 9.86. The molecule has 0 radical (unpaired) electrons. The number of rotatable bonds is 2. The highest BCUT2D eigenvalue weighted by Gasteiger charge is 2.54. The minimum atomic E-state index is -0.466. The summed E-state index contributed by atoms with van der Waals surface area (Å²) >= 11 is 0. The van der Waals surface area contributed by atoms with Gasteiger partial charge < -0.3 is 9.47 Å². The molecule has 0 amide bonds. The van der Waals surface area contributed by atoms with Crippen molar-refractivity contribution < 1.29 is 9.47 Å².